The molecule has 7 nitrogen and oxygen atoms in total. The van der Waals surface area contributed by atoms with Crippen molar-refractivity contribution < 1.29 is 19.5 Å². The van der Waals surface area contributed by atoms with Gasteiger partial charge < -0.3 is 20.6 Å². The molecule has 3 N–H and O–H groups in total. The van der Waals surface area contributed by atoms with Gasteiger partial charge in [0.2, 0.25) is 5.91 Å². The van der Waals surface area contributed by atoms with Crippen molar-refractivity contribution in [2.75, 3.05) is 19.3 Å². The summed E-state index contributed by atoms with van der Waals surface area (Å²) in [6.45, 7) is -0.251. The number of carbonyl (C=O) groups is 3. The molecule has 3 amide bonds. The fraction of sp³-hybridized carbons (Fsp3) is 0.769. The van der Waals surface area contributed by atoms with Gasteiger partial charge in [-0.05, 0) is 12.8 Å². The molecule has 118 valence electrons. The lowest BCUT2D eigenvalue weighted by atomic mass is 10.0. The van der Waals surface area contributed by atoms with Crippen molar-refractivity contribution in [3.63, 3.8) is 0 Å². The van der Waals surface area contributed by atoms with E-state index in [0.717, 1.165) is 25.0 Å². The van der Waals surface area contributed by atoms with Crippen LogP contribution < -0.4 is 10.6 Å². The largest absolute Gasteiger partial charge is 0.480 e. The molecule has 2 rings (SSSR count). The van der Waals surface area contributed by atoms with Gasteiger partial charge in [0.1, 0.15) is 6.54 Å². The van der Waals surface area contributed by atoms with Crippen molar-refractivity contribution >= 4 is 29.7 Å². The van der Waals surface area contributed by atoms with E-state index < -0.39 is 5.97 Å². The predicted molar refractivity (Wildman–Crippen MR) is 79.2 cm³/mol. The molecule has 0 aromatic rings. The maximum atomic E-state index is 11.7. The van der Waals surface area contributed by atoms with Crippen LogP contribution in [0.1, 0.15) is 25.7 Å². The summed E-state index contributed by atoms with van der Waals surface area (Å²) in [7, 11) is 1.51. The third kappa shape index (κ3) is 4.26. The van der Waals surface area contributed by atoms with Gasteiger partial charge in [0.15, 0.2) is 0 Å². The number of carbonyl (C=O) groups excluding carboxylic acids is 2. The molecule has 0 bridgehead atoms. The minimum Gasteiger partial charge on any atom is -0.480 e. The van der Waals surface area contributed by atoms with Crippen LogP contribution in [0.2, 0.25) is 0 Å². The Morgan fingerprint density at radius 1 is 1.38 bits per heavy atom. The highest BCUT2D eigenvalue weighted by Gasteiger charge is 2.42. The van der Waals surface area contributed by atoms with E-state index in [1.165, 1.54) is 11.9 Å². The fourth-order valence-electron chi connectivity index (χ4n) is 2.75. The molecule has 2 heterocycles. The first-order chi connectivity index (χ1) is 9.97. The SMILES string of the molecule is CN(CC(=O)O)C(=O)CCCC[C@H]1SC[C@H]2NC(=O)N[C@H]21. The van der Waals surface area contributed by atoms with Crippen LogP contribution in [0.25, 0.3) is 0 Å². The number of carboxylic acid groups (broad SMARTS) is 1. The number of hydrogen-bond donors (Lipinski definition) is 3. The highest BCUT2D eigenvalue weighted by atomic mass is 32.2. The zero-order valence-electron chi connectivity index (χ0n) is 12.0. The second-order valence-electron chi connectivity index (χ2n) is 5.51. The van der Waals surface area contributed by atoms with E-state index in [1.54, 1.807) is 0 Å². The van der Waals surface area contributed by atoms with Crippen molar-refractivity contribution in [3.05, 3.63) is 0 Å². The van der Waals surface area contributed by atoms with Gasteiger partial charge in [-0.15, -0.1) is 0 Å². The van der Waals surface area contributed by atoms with Crippen LogP contribution in [-0.2, 0) is 9.59 Å². The van der Waals surface area contributed by atoms with Gasteiger partial charge in [-0.25, -0.2) is 4.79 Å². The van der Waals surface area contributed by atoms with Gasteiger partial charge in [0.05, 0.1) is 12.1 Å². The Kier molecular flexibility index (Phi) is 5.33. The van der Waals surface area contributed by atoms with Crippen molar-refractivity contribution in [2.45, 2.75) is 43.0 Å². The zero-order chi connectivity index (χ0) is 15.4. The van der Waals surface area contributed by atoms with Crippen molar-refractivity contribution in [3.8, 4) is 0 Å². The third-order valence-electron chi connectivity index (χ3n) is 3.87. The minimum atomic E-state index is -0.997. The molecule has 0 aliphatic carbocycles. The molecular formula is C13H21N3O4S. The summed E-state index contributed by atoms with van der Waals surface area (Å²) >= 11 is 1.86. The zero-order valence-corrected chi connectivity index (χ0v) is 12.8. The minimum absolute atomic E-state index is 0.0826. The molecule has 3 atom stereocenters. The van der Waals surface area contributed by atoms with E-state index in [4.69, 9.17) is 5.11 Å². The van der Waals surface area contributed by atoms with E-state index in [0.29, 0.717) is 11.7 Å². The lowest BCUT2D eigenvalue weighted by Gasteiger charge is -2.17. The molecule has 0 aromatic carbocycles. The highest BCUT2D eigenvalue weighted by molar-refractivity contribution is 8.00. The molecule has 0 spiro atoms. The highest BCUT2D eigenvalue weighted by Crippen LogP contribution is 2.33. The number of thioether (sulfide) groups is 1. The molecule has 2 saturated heterocycles. The van der Waals surface area contributed by atoms with E-state index in [9.17, 15) is 14.4 Å². The quantitative estimate of drug-likeness (QED) is 0.462. The van der Waals surface area contributed by atoms with Crippen LogP contribution in [0, 0.1) is 0 Å². The summed E-state index contributed by atoms with van der Waals surface area (Å²) < 4.78 is 0. The number of urea groups is 1. The van der Waals surface area contributed by atoms with Gasteiger partial charge >= 0.3 is 12.0 Å². The van der Waals surface area contributed by atoms with Gasteiger partial charge in [0.25, 0.3) is 0 Å². The first-order valence-electron chi connectivity index (χ1n) is 7.12. The van der Waals surface area contributed by atoms with Crippen LogP contribution >= 0.6 is 11.8 Å². The predicted octanol–water partition coefficient (Wildman–Crippen LogP) is 0.255. The molecule has 0 radical (unpaired) electrons. The van der Waals surface area contributed by atoms with E-state index in [1.807, 2.05) is 11.8 Å². The maximum absolute atomic E-state index is 11.7. The normalized spacial score (nSPS) is 26.9. The summed E-state index contributed by atoms with van der Waals surface area (Å²) in [4.78, 5) is 34.7. The smallest absolute Gasteiger partial charge is 0.323 e. The fourth-order valence-corrected chi connectivity index (χ4v) is 4.29. The maximum Gasteiger partial charge on any atom is 0.323 e. The molecule has 2 fully saturated rings. The Labute approximate surface area is 127 Å². The molecule has 21 heavy (non-hydrogen) atoms. The van der Waals surface area contributed by atoms with Gasteiger partial charge in [-0.2, -0.15) is 11.8 Å². The molecule has 0 saturated carbocycles. The average Bonchev–Trinajstić information content (AvgIpc) is 2.93. The molecule has 2 aliphatic heterocycles. The van der Waals surface area contributed by atoms with Crippen LogP contribution in [0.4, 0.5) is 4.79 Å². The van der Waals surface area contributed by atoms with Crippen LogP contribution in [-0.4, -0.2) is 64.6 Å². The Balaban J connectivity index is 1.63. The third-order valence-corrected chi connectivity index (χ3v) is 5.37. The van der Waals surface area contributed by atoms with E-state index in [2.05, 4.69) is 10.6 Å². The second kappa shape index (κ2) is 7.02. The topological polar surface area (TPSA) is 98.7 Å². The number of aliphatic carboxylic acids is 1. The first kappa shape index (κ1) is 15.9. The van der Waals surface area contributed by atoms with Crippen molar-refractivity contribution in [2.24, 2.45) is 0 Å². The second-order valence-corrected chi connectivity index (χ2v) is 6.78. The Hall–Kier alpha value is -1.44. The van der Waals surface area contributed by atoms with Crippen molar-refractivity contribution in [1.29, 1.82) is 0 Å². The molecule has 0 unspecified atom stereocenters. The number of nitrogens with one attached hydrogen (secondary N) is 2. The Morgan fingerprint density at radius 3 is 2.86 bits per heavy atom. The molecule has 8 heteroatoms. The molecule has 2 aliphatic rings. The number of likely N-dealkylation sites (N-methyl/N-ethyl adjacent to an activating group) is 1. The number of unbranched alkanes of at least 4 members (excludes halogenated alkanes) is 1. The summed E-state index contributed by atoms with van der Waals surface area (Å²) in [6, 6.07) is 0.351. The lowest BCUT2D eigenvalue weighted by Crippen LogP contribution is -2.36. The summed E-state index contributed by atoms with van der Waals surface area (Å²) in [5, 5.41) is 14.9. The number of nitrogens with zero attached hydrogens (tertiary/aromatic N) is 1. The number of fused-ring (bicyclic) bond motifs is 1. The Morgan fingerprint density at radius 2 is 2.14 bits per heavy atom. The Bertz CT molecular complexity index is 432. The van der Waals surface area contributed by atoms with Crippen LogP contribution in [0.15, 0.2) is 0 Å². The standard InChI is InChI=1S/C13H21N3O4S/c1-16(6-11(18)19)10(17)5-3-2-4-9-12-8(7-21-9)14-13(20)15-12/h8-9,12H,2-7H2,1H3,(H,18,19)(H2,14,15,20)/t8-,9-,12-/m1/s1. The van der Waals surface area contributed by atoms with Crippen molar-refractivity contribution in [1.82, 2.24) is 15.5 Å². The van der Waals surface area contributed by atoms with Gasteiger partial charge in [-0.3, -0.25) is 9.59 Å². The van der Waals surface area contributed by atoms with Gasteiger partial charge in [0, 0.05) is 24.5 Å². The first-order valence-corrected chi connectivity index (χ1v) is 8.16. The van der Waals surface area contributed by atoms with E-state index >= 15 is 0 Å². The van der Waals surface area contributed by atoms with E-state index in [-0.39, 0.29) is 30.6 Å². The summed E-state index contributed by atoms with van der Waals surface area (Å²) in [6.07, 6.45) is 2.99. The molecule has 0 aromatic heterocycles. The van der Waals surface area contributed by atoms with Gasteiger partial charge in [-0.1, -0.05) is 6.42 Å². The average molecular weight is 315 g/mol. The van der Waals surface area contributed by atoms with Crippen LogP contribution in [0.3, 0.4) is 0 Å². The number of amides is 3. The number of carboxylic acids is 1. The number of hydrogen-bond acceptors (Lipinski definition) is 4. The lowest BCUT2D eigenvalue weighted by molar-refractivity contribution is -0.143. The number of rotatable bonds is 7. The molecular weight excluding hydrogens is 294 g/mol. The summed E-state index contributed by atoms with van der Waals surface area (Å²) in [5.74, 6) is -0.192. The monoisotopic (exact) mass is 315 g/mol. The van der Waals surface area contributed by atoms with Crippen LogP contribution in [0.5, 0.6) is 0 Å². The summed E-state index contributed by atoms with van der Waals surface area (Å²) in [5.41, 5.74) is 0.